The highest BCUT2D eigenvalue weighted by atomic mass is 79.9. The number of oxime groups is 1. The lowest BCUT2D eigenvalue weighted by Gasteiger charge is -2.16. The van der Waals surface area contributed by atoms with Gasteiger partial charge in [-0.15, -0.1) is 0 Å². The molecule has 0 aromatic heterocycles. The maximum atomic E-state index is 13.1. The molecule has 0 aliphatic carbocycles. The van der Waals surface area contributed by atoms with Crippen molar-refractivity contribution in [2.75, 3.05) is 19.1 Å². The highest BCUT2D eigenvalue weighted by molar-refractivity contribution is 9.10. The number of fused-ring (bicyclic) bond motifs is 1. The predicted octanol–water partition coefficient (Wildman–Crippen LogP) is 2.76. The summed E-state index contributed by atoms with van der Waals surface area (Å²) in [6, 6.07) is 12.2. The zero-order valence-corrected chi connectivity index (χ0v) is 16.1. The van der Waals surface area contributed by atoms with Gasteiger partial charge in [0.15, 0.2) is 11.5 Å². The van der Waals surface area contributed by atoms with Gasteiger partial charge in [0.1, 0.15) is 11.6 Å². The first-order valence-corrected chi connectivity index (χ1v) is 8.94. The normalized spacial score (nSPS) is 21.0. The Bertz CT molecular complexity index is 957. The van der Waals surface area contributed by atoms with Gasteiger partial charge < -0.3 is 14.3 Å². The van der Waals surface area contributed by atoms with Crippen molar-refractivity contribution < 1.29 is 23.9 Å². The van der Waals surface area contributed by atoms with Crippen LogP contribution in [0.2, 0.25) is 0 Å². The van der Waals surface area contributed by atoms with E-state index >= 15 is 0 Å². The number of methoxy groups -OCH3 is 2. The number of ether oxygens (including phenoxy) is 2. The second-order valence-electron chi connectivity index (χ2n) is 6.01. The van der Waals surface area contributed by atoms with Crippen molar-refractivity contribution in [2.45, 2.75) is 6.10 Å². The molecule has 0 bridgehead atoms. The van der Waals surface area contributed by atoms with Crippen molar-refractivity contribution in [2.24, 2.45) is 11.1 Å². The smallest absolute Gasteiger partial charge is 0.278 e. The van der Waals surface area contributed by atoms with Crippen LogP contribution in [0.4, 0.5) is 5.69 Å². The highest BCUT2D eigenvalue weighted by Gasteiger charge is 2.56. The van der Waals surface area contributed by atoms with E-state index in [9.17, 15) is 9.59 Å². The molecule has 1 saturated heterocycles. The largest absolute Gasteiger partial charge is 0.493 e. The molecule has 0 radical (unpaired) electrons. The van der Waals surface area contributed by atoms with Gasteiger partial charge in [-0.1, -0.05) is 27.2 Å². The number of carbonyl (C=O) groups is 2. The zero-order valence-electron chi connectivity index (χ0n) is 14.5. The first-order chi connectivity index (χ1) is 13.1. The van der Waals surface area contributed by atoms with E-state index in [0.29, 0.717) is 28.5 Å². The third kappa shape index (κ3) is 2.68. The molecular formula is C19H15BrN2O5. The van der Waals surface area contributed by atoms with Crippen molar-refractivity contribution in [3.05, 3.63) is 52.5 Å². The molecule has 2 aromatic carbocycles. The fraction of sp³-hybridized carbons (Fsp3) is 0.211. The molecule has 2 aliphatic heterocycles. The van der Waals surface area contributed by atoms with Gasteiger partial charge in [0.2, 0.25) is 12.0 Å². The first kappa shape index (κ1) is 17.5. The quantitative estimate of drug-likeness (QED) is 0.696. The van der Waals surface area contributed by atoms with Crippen LogP contribution in [0.3, 0.4) is 0 Å². The van der Waals surface area contributed by atoms with Gasteiger partial charge >= 0.3 is 0 Å². The molecule has 2 heterocycles. The number of amides is 2. The van der Waals surface area contributed by atoms with Gasteiger partial charge in [-0.25, -0.2) is 4.90 Å². The van der Waals surface area contributed by atoms with Crippen molar-refractivity contribution >= 4 is 39.1 Å². The van der Waals surface area contributed by atoms with Gasteiger partial charge in [0, 0.05) is 10.0 Å². The number of nitrogens with zero attached hydrogens (tertiary/aromatic N) is 2. The van der Waals surface area contributed by atoms with Crippen LogP contribution in [0.25, 0.3) is 0 Å². The fourth-order valence-corrected chi connectivity index (χ4v) is 3.60. The Hall–Kier alpha value is -2.87. The Balaban J connectivity index is 1.74. The Morgan fingerprint density at radius 1 is 1.04 bits per heavy atom. The van der Waals surface area contributed by atoms with E-state index in [1.807, 2.05) is 0 Å². The average molecular weight is 431 g/mol. The Labute approximate surface area is 163 Å². The molecule has 0 saturated carbocycles. The van der Waals surface area contributed by atoms with Crippen molar-refractivity contribution in [3.63, 3.8) is 0 Å². The standard InChI is InChI=1S/C19H15BrN2O5/c1-25-13-5-3-4-12(16(13)26-2)15-14-17(27-21-15)19(24)22(18(14)23)11-8-6-10(20)7-9-11/h3-9,14,17H,1-2H3. The maximum absolute atomic E-state index is 13.1. The summed E-state index contributed by atoms with van der Waals surface area (Å²) < 4.78 is 11.6. The van der Waals surface area contributed by atoms with Crippen LogP contribution < -0.4 is 14.4 Å². The number of carbonyl (C=O) groups excluding carboxylic acids is 2. The minimum atomic E-state index is -0.980. The Kier molecular flexibility index (Phi) is 4.35. The van der Waals surface area contributed by atoms with E-state index < -0.39 is 17.9 Å². The van der Waals surface area contributed by atoms with Crippen molar-refractivity contribution in [3.8, 4) is 11.5 Å². The molecule has 8 heteroatoms. The molecule has 0 spiro atoms. The molecular weight excluding hydrogens is 416 g/mol. The zero-order chi connectivity index (χ0) is 19.1. The lowest BCUT2D eigenvalue weighted by atomic mass is 9.93. The number of halogens is 1. The van der Waals surface area contributed by atoms with Gasteiger partial charge in [-0.05, 0) is 36.4 Å². The maximum Gasteiger partial charge on any atom is 0.278 e. The van der Waals surface area contributed by atoms with E-state index in [4.69, 9.17) is 14.3 Å². The monoisotopic (exact) mass is 430 g/mol. The first-order valence-electron chi connectivity index (χ1n) is 8.15. The number of rotatable bonds is 4. The summed E-state index contributed by atoms with van der Waals surface area (Å²) in [7, 11) is 3.03. The van der Waals surface area contributed by atoms with Gasteiger partial charge in [-0.3, -0.25) is 9.59 Å². The van der Waals surface area contributed by atoms with Crippen molar-refractivity contribution in [1.82, 2.24) is 0 Å². The van der Waals surface area contributed by atoms with Crippen LogP contribution in [0.15, 0.2) is 52.1 Å². The number of benzene rings is 2. The Morgan fingerprint density at radius 3 is 2.44 bits per heavy atom. The number of hydrogen-bond donors (Lipinski definition) is 0. The summed E-state index contributed by atoms with van der Waals surface area (Å²) >= 11 is 3.34. The van der Waals surface area contributed by atoms with E-state index in [0.717, 1.165) is 9.37 Å². The second-order valence-corrected chi connectivity index (χ2v) is 6.93. The second kappa shape index (κ2) is 6.70. The lowest BCUT2D eigenvalue weighted by molar-refractivity contribution is -0.126. The third-order valence-electron chi connectivity index (χ3n) is 4.58. The van der Waals surface area contributed by atoms with Gasteiger partial charge in [0.25, 0.3) is 5.91 Å². The topological polar surface area (TPSA) is 77.4 Å². The minimum Gasteiger partial charge on any atom is -0.493 e. The summed E-state index contributed by atoms with van der Waals surface area (Å²) in [5.74, 6) is -0.712. The van der Waals surface area contributed by atoms with Crippen LogP contribution in [0, 0.1) is 5.92 Å². The van der Waals surface area contributed by atoms with E-state index in [1.54, 1.807) is 42.5 Å². The summed E-state index contributed by atoms with van der Waals surface area (Å²) in [6.07, 6.45) is -0.980. The van der Waals surface area contributed by atoms with E-state index in [1.165, 1.54) is 14.2 Å². The average Bonchev–Trinajstić information content (AvgIpc) is 3.22. The SMILES string of the molecule is COc1cccc(C2=NOC3C(=O)N(c4ccc(Br)cc4)C(=O)C23)c1OC. The van der Waals surface area contributed by atoms with E-state index in [-0.39, 0.29) is 5.91 Å². The van der Waals surface area contributed by atoms with Gasteiger partial charge in [0.05, 0.1) is 19.9 Å². The predicted molar refractivity (Wildman–Crippen MR) is 101 cm³/mol. The highest BCUT2D eigenvalue weighted by Crippen LogP contribution is 2.39. The van der Waals surface area contributed by atoms with Gasteiger partial charge in [-0.2, -0.15) is 0 Å². The van der Waals surface area contributed by atoms with Crippen LogP contribution in [0.5, 0.6) is 11.5 Å². The van der Waals surface area contributed by atoms with Crippen LogP contribution in [-0.4, -0.2) is 37.8 Å². The molecule has 2 amide bonds. The number of para-hydroxylation sites is 1. The molecule has 27 heavy (non-hydrogen) atoms. The lowest BCUT2D eigenvalue weighted by Crippen LogP contribution is -2.33. The van der Waals surface area contributed by atoms with Crippen molar-refractivity contribution in [1.29, 1.82) is 0 Å². The fourth-order valence-electron chi connectivity index (χ4n) is 3.33. The molecule has 2 unspecified atom stereocenters. The summed E-state index contributed by atoms with van der Waals surface area (Å²) in [6.45, 7) is 0. The number of hydrogen-bond acceptors (Lipinski definition) is 6. The molecule has 0 N–H and O–H groups in total. The third-order valence-corrected chi connectivity index (χ3v) is 5.10. The minimum absolute atomic E-state index is 0.355. The molecule has 2 aliphatic rings. The molecule has 7 nitrogen and oxygen atoms in total. The molecule has 1 fully saturated rings. The van der Waals surface area contributed by atoms with Crippen LogP contribution in [-0.2, 0) is 14.4 Å². The van der Waals surface area contributed by atoms with Crippen LogP contribution in [0.1, 0.15) is 5.56 Å². The number of anilines is 1. The molecule has 4 rings (SSSR count). The number of imide groups is 1. The summed E-state index contributed by atoms with van der Waals surface area (Å²) in [4.78, 5) is 32.3. The van der Waals surface area contributed by atoms with Crippen LogP contribution >= 0.6 is 15.9 Å². The molecule has 2 atom stereocenters. The molecule has 2 aromatic rings. The summed E-state index contributed by atoms with van der Waals surface area (Å²) in [5.41, 5.74) is 1.40. The molecule has 138 valence electrons. The summed E-state index contributed by atoms with van der Waals surface area (Å²) in [5, 5.41) is 4.02. The van der Waals surface area contributed by atoms with E-state index in [2.05, 4.69) is 21.1 Å². The Morgan fingerprint density at radius 2 is 1.78 bits per heavy atom.